The molecule has 5 nitrogen and oxygen atoms in total. The van der Waals surface area contributed by atoms with Crippen molar-refractivity contribution in [3.63, 3.8) is 0 Å². The van der Waals surface area contributed by atoms with Crippen molar-refractivity contribution in [3.05, 3.63) is 64.8 Å². The van der Waals surface area contributed by atoms with Crippen LogP contribution in [0.2, 0.25) is 0 Å². The van der Waals surface area contributed by atoms with Gasteiger partial charge in [-0.25, -0.2) is 5.43 Å². The van der Waals surface area contributed by atoms with Gasteiger partial charge in [0.1, 0.15) is 5.75 Å². The maximum Gasteiger partial charge on any atom is 0.277 e. The number of para-hydroxylation sites is 1. The van der Waals surface area contributed by atoms with E-state index in [4.69, 9.17) is 4.74 Å². The Hall–Kier alpha value is -2.60. The average Bonchev–Trinajstić information content (AvgIpc) is 2.90. The molecule has 3 aromatic rings. The number of hydrogen-bond donors (Lipinski definition) is 1. The largest absolute Gasteiger partial charge is 0.484 e. The molecule has 0 fully saturated rings. The molecule has 6 heteroatoms. The lowest BCUT2D eigenvalue weighted by Gasteiger charge is -2.04. The number of hydrogen-bond acceptors (Lipinski definition) is 3. The maximum absolute atomic E-state index is 11.8. The van der Waals surface area contributed by atoms with Crippen LogP contribution in [0.25, 0.3) is 10.9 Å². The summed E-state index contributed by atoms with van der Waals surface area (Å²) in [7, 11) is 1.98. The molecule has 3 rings (SSSR count). The Labute approximate surface area is 148 Å². The van der Waals surface area contributed by atoms with Crippen LogP contribution in [-0.4, -0.2) is 23.3 Å². The van der Waals surface area contributed by atoms with E-state index >= 15 is 0 Å². The van der Waals surface area contributed by atoms with Crippen molar-refractivity contribution in [1.82, 2.24) is 9.99 Å². The Balaban J connectivity index is 1.58. The first kappa shape index (κ1) is 16.3. The third-order valence-electron chi connectivity index (χ3n) is 3.49. The summed E-state index contributed by atoms with van der Waals surface area (Å²) in [6.07, 6.45) is 3.61. The monoisotopic (exact) mass is 385 g/mol. The van der Waals surface area contributed by atoms with Gasteiger partial charge >= 0.3 is 0 Å². The molecule has 1 heterocycles. The Kier molecular flexibility index (Phi) is 4.96. The molecule has 0 aliphatic carbocycles. The molecule has 0 atom stereocenters. The molecular weight excluding hydrogens is 370 g/mol. The number of fused-ring (bicyclic) bond motifs is 1. The van der Waals surface area contributed by atoms with E-state index in [1.54, 1.807) is 18.3 Å². The summed E-state index contributed by atoms with van der Waals surface area (Å²) in [4.78, 5) is 11.8. The third kappa shape index (κ3) is 3.83. The van der Waals surface area contributed by atoms with Crippen LogP contribution in [0.4, 0.5) is 0 Å². The predicted octanol–water partition coefficient (Wildman–Crippen LogP) is 3.47. The summed E-state index contributed by atoms with van der Waals surface area (Å²) in [5.41, 5.74) is 4.53. The number of aromatic nitrogens is 1. The summed E-state index contributed by atoms with van der Waals surface area (Å²) in [5, 5.41) is 5.09. The molecule has 0 saturated carbocycles. The second-order valence-corrected chi connectivity index (χ2v) is 6.17. The van der Waals surface area contributed by atoms with Gasteiger partial charge in [-0.05, 0) is 24.3 Å². The summed E-state index contributed by atoms with van der Waals surface area (Å²) in [5.74, 6) is 0.309. The van der Waals surface area contributed by atoms with E-state index < -0.39 is 0 Å². The number of rotatable bonds is 5. The van der Waals surface area contributed by atoms with Gasteiger partial charge in [0.15, 0.2) is 6.61 Å². The van der Waals surface area contributed by atoms with Crippen molar-refractivity contribution in [1.29, 1.82) is 0 Å². The lowest BCUT2D eigenvalue weighted by Crippen LogP contribution is -2.24. The zero-order chi connectivity index (χ0) is 16.9. The smallest absolute Gasteiger partial charge is 0.277 e. The molecule has 1 amide bonds. The summed E-state index contributed by atoms with van der Waals surface area (Å²) >= 11 is 3.35. The van der Waals surface area contributed by atoms with Crippen LogP contribution < -0.4 is 10.2 Å². The molecule has 0 bridgehead atoms. The van der Waals surface area contributed by atoms with Gasteiger partial charge in [-0.2, -0.15) is 5.10 Å². The van der Waals surface area contributed by atoms with Gasteiger partial charge in [0.05, 0.1) is 6.21 Å². The van der Waals surface area contributed by atoms with Crippen LogP contribution in [-0.2, 0) is 11.8 Å². The average molecular weight is 386 g/mol. The highest BCUT2D eigenvalue weighted by molar-refractivity contribution is 9.10. The Morgan fingerprint density at radius 1 is 1.29 bits per heavy atom. The Morgan fingerprint density at radius 3 is 2.96 bits per heavy atom. The fourth-order valence-electron chi connectivity index (χ4n) is 2.39. The van der Waals surface area contributed by atoms with Crippen LogP contribution in [0.15, 0.2) is 64.3 Å². The summed E-state index contributed by atoms with van der Waals surface area (Å²) in [6, 6.07) is 15.3. The normalized spacial score (nSPS) is 11.1. The number of ether oxygens (including phenoxy) is 1. The highest BCUT2D eigenvalue weighted by Crippen LogP contribution is 2.19. The number of carbonyl (C=O) groups excluding carboxylic acids is 1. The van der Waals surface area contributed by atoms with Crippen molar-refractivity contribution in [2.75, 3.05) is 6.61 Å². The number of aryl methyl sites for hydroxylation is 1. The first-order valence-corrected chi connectivity index (χ1v) is 8.17. The van der Waals surface area contributed by atoms with Crippen LogP contribution in [0.3, 0.4) is 0 Å². The third-order valence-corrected chi connectivity index (χ3v) is 3.98. The number of benzene rings is 2. The van der Waals surface area contributed by atoms with E-state index in [1.807, 2.05) is 54.2 Å². The van der Waals surface area contributed by atoms with Crippen molar-refractivity contribution in [2.24, 2.45) is 12.1 Å². The van der Waals surface area contributed by atoms with Gasteiger partial charge < -0.3 is 9.30 Å². The molecule has 0 aliphatic rings. The predicted molar refractivity (Wildman–Crippen MR) is 98.3 cm³/mol. The number of nitrogens with zero attached hydrogens (tertiary/aromatic N) is 2. The number of amides is 1. The number of hydrazone groups is 1. The van der Waals surface area contributed by atoms with E-state index in [-0.39, 0.29) is 12.5 Å². The fourth-order valence-corrected chi connectivity index (χ4v) is 2.77. The number of carbonyl (C=O) groups is 1. The van der Waals surface area contributed by atoms with Crippen molar-refractivity contribution >= 4 is 39.0 Å². The Bertz CT molecular complexity index is 902. The van der Waals surface area contributed by atoms with Gasteiger partial charge in [-0.3, -0.25) is 4.79 Å². The number of nitrogens with one attached hydrogen (secondary N) is 1. The molecule has 0 aliphatic heterocycles. The quantitative estimate of drug-likeness (QED) is 0.539. The van der Waals surface area contributed by atoms with Gasteiger partial charge in [-0.1, -0.05) is 40.2 Å². The molecule has 0 radical (unpaired) electrons. The highest BCUT2D eigenvalue weighted by atomic mass is 79.9. The van der Waals surface area contributed by atoms with Gasteiger partial charge in [-0.15, -0.1) is 0 Å². The van der Waals surface area contributed by atoms with Crippen LogP contribution >= 0.6 is 15.9 Å². The lowest BCUT2D eigenvalue weighted by molar-refractivity contribution is -0.123. The molecule has 1 aromatic heterocycles. The zero-order valence-electron chi connectivity index (χ0n) is 13.1. The molecule has 0 unspecified atom stereocenters. The first-order valence-electron chi connectivity index (χ1n) is 7.38. The SMILES string of the molecule is Cn1cc(/C=N/NC(=O)COc2cccc(Br)c2)c2ccccc21. The maximum atomic E-state index is 11.8. The van der Waals surface area contributed by atoms with Crippen molar-refractivity contribution in [2.45, 2.75) is 0 Å². The molecule has 2 aromatic carbocycles. The zero-order valence-corrected chi connectivity index (χ0v) is 14.7. The topological polar surface area (TPSA) is 55.6 Å². The minimum atomic E-state index is -0.313. The molecule has 1 N–H and O–H groups in total. The molecule has 0 saturated heterocycles. The minimum absolute atomic E-state index is 0.0939. The first-order chi connectivity index (χ1) is 11.6. The fraction of sp³-hybridized carbons (Fsp3) is 0.111. The van der Waals surface area contributed by atoms with E-state index in [0.717, 1.165) is 20.9 Å². The second kappa shape index (κ2) is 7.31. The van der Waals surface area contributed by atoms with Crippen LogP contribution in [0.1, 0.15) is 5.56 Å². The van der Waals surface area contributed by atoms with Gasteiger partial charge in [0, 0.05) is 34.2 Å². The standard InChI is InChI=1S/C18H16BrN3O2/c1-22-11-13(16-7-2-3-8-17(16)22)10-20-21-18(23)12-24-15-6-4-5-14(19)9-15/h2-11H,12H2,1H3,(H,21,23)/b20-10+. The molecular formula is C18H16BrN3O2. The van der Waals surface area contributed by atoms with Gasteiger partial charge in [0.25, 0.3) is 5.91 Å². The second-order valence-electron chi connectivity index (χ2n) is 5.25. The van der Waals surface area contributed by atoms with E-state index in [9.17, 15) is 4.79 Å². The molecule has 0 spiro atoms. The molecule has 122 valence electrons. The Morgan fingerprint density at radius 2 is 2.12 bits per heavy atom. The minimum Gasteiger partial charge on any atom is -0.484 e. The molecule has 24 heavy (non-hydrogen) atoms. The van der Waals surface area contributed by atoms with Crippen molar-refractivity contribution in [3.8, 4) is 5.75 Å². The van der Waals surface area contributed by atoms with Gasteiger partial charge in [0.2, 0.25) is 0 Å². The number of halogens is 1. The van der Waals surface area contributed by atoms with E-state index in [0.29, 0.717) is 5.75 Å². The summed E-state index contributed by atoms with van der Waals surface area (Å²) < 4.78 is 8.33. The highest BCUT2D eigenvalue weighted by Gasteiger charge is 2.04. The van der Waals surface area contributed by atoms with Crippen molar-refractivity contribution < 1.29 is 9.53 Å². The van der Waals surface area contributed by atoms with Crippen LogP contribution in [0.5, 0.6) is 5.75 Å². The van der Waals surface area contributed by atoms with E-state index in [1.165, 1.54) is 0 Å². The van der Waals surface area contributed by atoms with E-state index in [2.05, 4.69) is 26.5 Å². The van der Waals surface area contributed by atoms with Crippen LogP contribution in [0, 0.1) is 0 Å². The lowest BCUT2D eigenvalue weighted by atomic mass is 10.2. The summed E-state index contributed by atoms with van der Waals surface area (Å²) in [6.45, 7) is -0.0939.